The second kappa shape index (κ2) is 4.92. The van der Waals surface area contributed by atoms with Crippen LogP contribution in [0.5, 0.6) is 0 Å². The summed E-state index contributed by atoms with van der Waals surface area (Å²) in [5.74, 6) is 0.667. The Bertz CT molecular complexity index is 717. The predicted molar refractivity (Wildman–Crippen MR) is 68.3 cm³/mol. The Kier molecular flexibility index (Phi) is 2.96. The van der Waals surface area contributed by atoms with Gasteiger partial charge in [-0.05, 0) is 6.92 Å². The van der Waals surface area contributed by atoms with Gasteiger partial charge in [-0.15, -0.1) is 0 Å². The highest BCUT2D eigenvalue weighted by atomic mass is 16.5. The number of hydrogen-bond acceptors (Lipinski definition) is 6. The molecule has 0 aromatic carbocycles. The first-order valence-electron chi connectivity index (χ1n) is 5.77. The highest BCUT2D eigenvalue weighted by Crippen LogP contribution is 2.09. The molecule has 3 aromatic heterocycles. The first kappa shape index (κ1) is 12.0. The van der Waals surface area contributed by atoms with E-state index in [0.29, 0.717) is 17.4 Å². The van der Waals surface area contributed by atoms with Gasteiger partial charge in [0.2, 0.25) is 5.95 Å². The number of anilines is 1. The SMILES string of the molecule is Cc1cc(C(=O)Nc2cnc(-n3ccnc3)nc2)no1. The average Bonchev–Trinajstić information content (AvgIpc) is 3.10. The maximum atomic E-state index is 11.8. The van der Waals surface area contributed by atoms with Gasteiger partial charge in [-0.25, -0.2) is 15.0 Å². The van der Waals surface area contributed by atoms with Crippen molar-refractivity contribution >= 4 is 11.6 Å². The van der Waals surface area contributed by atoms with Crippen molar-refractivity contribution in [3.8, 4) is 5.95 Å². The van der Waals surface area contributed by atoms with E-state index in [-0.39, 0.29) is 11.6 Å². The molecule has 8 heteroatoms. The Hall–Kier alpha value is -3.03. The zero-order valence-corrected chi connectivity index (χ0v) is 10.5. The molecule has 1 N–H and O–H groups in total. The molecule has 0 radical (unpaired) electrons. The number of hydrogen-bond donors (Lipinski definition) is 1. The van der Waals surface area contributed by atoms with Gasteiger partial charge in [0.25, 0.3) is 5.91 Å². The second-order valence-electron chi connectivity index (χ2n) is 4.02. The smallest absolute Gasteiger partial charge is 0.277 e. The van der Waals surface area contributed by atoms with Crippen LogP contribution in [0.2, 0.25) is 0 Å². The summed E-state index contributed by atoms with van der Waals surface area (Å²) in [7, 11) is 0. The van der Waals surface area contributed by atoms with Gasteiger partial charge in [-0.1, -0.05) is 5.16 Å². The minimum atomic E-state index is -0.374. The van der Waals surface area contributed by atoms with Crippen molar-refractivity contribution in [2.75, 3.05) is 5.32 Å². The van der Waals surface area contributed by atoms with Crippen LogP contribution in [-0.4, -0.2) is 30.6 Å². The van der Waals surface area contributed by atoms with Crippen LogP contribution in [0.15, 0.2) is 41.7 Å². The lowest BCUT2D eigenvalue weighted by atomic mass is 10.3. The number of rotatable bonds is 3. The van der Waals surface area contributed by atoms with Crippen LogP contribution in [0.4, 0.5) is 5.69 Å². The molecule has 0 aliphatic heterocycles. The molecule has 0 fully saturated rings. The maximum Gasteiger partial charge on any atom is 0.277 e. The Labute approximate surface area is 113 Å². The lowest BCUT2D eigenvalue weighted by molar-refractivity contribution is 0.101. The molecule has 100 valence electrons. The van der Waals surface area contributed by atoms with Gasteiger partial charge >= 0.3 is 0 Å². The number of nitrogens with one attached hydrogen (secondary N) is 1. The molecule has 0 atom stereocenters. The molecular formula is C12H10N6O2. The van der Waals surface area contributed by atoms with Crippen molar-refractivity contribution in [1.29, 1.82) is 0 Å². The standard InChI is InChI=1S/C12H10N6O2/c1-8-4-10(17-20-8)11(19)16-9-5-14-12(15-6-9)18-3-2-13-7-18/h2-7H,1H3,(H,16,19). The first-order chi connectivity index (χ1) is 9.72. The fraction of sp³-hybridized carbons (Fsp3) is 0.0833. The third-order valence-corrected chi connectivity index (χ3v) is 2.49. The number of aryl methyl sites for hydroxylation is 1. The van der Waals surface area contributed by atoms with Crippen LogP contribution in [0.3, 0.4) is 0 Å². The van der Waals surface area contributed by atoms with Gasteiger partial charge in [-0.2, -0.15) is 0 Å². The summed E-state index contributed by atoms with van der Waals surface area (Å²) in [6, 6.07) is 1.55. The molecule has 3 aromatic rings. The minimum Gasteiger partial charge on any atom is -0.361 e. The van der Waals surface area contributed by atoms with E-state index in [4.69, 9.17) is 4.52 Å². The second-order valence-corrected chi connectivity index (χ2v) is 4.02. The van der Waals surface area contributed by atoms with E-state index in [1.165, 1.54) is 12.4 Å². The van der Waals surface area contributed by atoms with Gasteiger partial charge in [0.05, 0.1) is 18.1 Å². The summed E-state index contributed by atoms with van der Waals surface area (Å²) >= 11 is 0. The molecule has 0 aliphatic rings. The molecule has 0 aliphatic carbocycles. The number of carbonyl (C=O) groups excluding carboxylic acids is 1. The minimum absolute atomic E-state index is 0.209. The topological polar surface area (TPSA) is 98.7 Å². The third-order valence-electron chi connectivity index (χ3n) is 2.49. The average molecular weight is 270 g/mol. The van der Waals surface area contributed by atoms with Crippen molar-refractivity contribution in [1.82, 2.24) is 24.7 Å². The van der Waals surface area contributed by atoms with E-state index >= 15 is 0 Å². The van der Waals surface area contributed by atoms with Crippen LogP contribution in [0.25, 0.3) is 5.95 Å². The maximum absolute atomic E-state index is 11.8. The summed E-state index contributed by atoms with van der Waals surface area (Å²) in [4.78, 5) is 24.0. The molecule has 0 saturated heterocycles. The normalized spacial score (nSPS) is 10.4. The number of amides is 1. The molecule has 3 heterocycles. The molecule has 20 heavy (non-hydrogen) atoms. The van der Waals surface area contributed by atoms with Gasteiger partial charge in [0.1, 0.15) is 12.1 Å². The van der Waals surface area contributed by atoms with E-state index in [9.17, 15) is 4.79 Å². The highest BCUT2D eigenvalue weighted by Gasteiger charge is 2.11. The van der Waals surface area contributed by atoms with Crippen LogP contribution in [0, 0.1) is 6.92 Å². The molecule has 1 amide bonds. The summed E-state index contributed by atoms with van der Waals surface area (Å²) in [5.41, 5.74) is 0.681. The van der Waals surface area contributed by atoms with Crippen LogP contribution >= 0.6 is 0 Å². The first-order valence-corrected chi connectivity index (χ1v) is 5.77. The van der Waals surface area contributed by atoms with E-state index in [1.54, 1.807) is 36.3 Å². The van der Waals surface area contributed by atoms with Crippen molar-refractivity contribution in [2.45, 2.75) is 6.92 Å². The van der Waals surface area contributed by atoms with Crippen LogP contribution in [0.1, 0.15) is 16.2 Å². The van der Waals surface area contributed by atoms with Gasteiger partial charge in [0.15, 0.2) is 5.69 Å². The fourth-order valence-electron chi connectivity index (χ4n) is 1.57. The monoisotopic (exact) mass is 270 g/mol. The van der Waals surface area contributed by atoms with E-state index in [1.807, 2.05) is 0 Å². The lowest BCUT2D eigenvalue weighted by Crippen LogP contribution is -2.13. The lowest BCUT2D eigenvalue weighted by Gasteiger charge is -2.03. The third kappa shape index (κ3) is 2.39. The number of carbonyl (C=O) groups is 1. The van der Waals surface area contributed by atoms with Crippen LogP contribution < -0.4 is 5.32 Å². The Balaban J connectivity index is 1.74. The van der Waals surface area contributed by atoms with Crippen LogP contribution in [-0.2, 0) is 0 Å². The van der Waals surface area contributed by atoms with Crippen molar-refractivity contribution in [2.24, 2.45) is 0 Å². The van der Waals surface area contributed by atoms with E-state index in [0.717, 1.165) is 0 Å². The number of imidazole rings is 1. The quantitative estimate of drug-likeness (QED) is 0.768. The predicted octanol–water partition coefficient (Wildman–Crippen LogP) is 1.21. The molecule has 0 unspecified atom stereocenters. The summed E-state index contributed by atoms with van der Waals surface area (Å²) in [5, 5.41) is 6.26. The van der Waals surface area contributed by atoms with Crippen molar-refractivity contribution < 1.29 is 9.32 Å². The fourth-order valence-corrected chi connectivity index (χ4v) is 1.57. The zero-order valence-electron chi connectivity index (χ0n) is 10.5. The Morgan fingerprint density at radius 1 is 1.35 bits per heavy atom. The largest absolute Gasteiger partial charge is 0.361 e. The van der Waals surface area contributed by atoms with Gasteiger partial charge in [-0.3, -0.25) is 9.36 Å². The zero-order chi connectivity index (χ0) is 13.9. The summed E-state index contributed by atoms with van der Waals surface area (Å²) in [6.45, 7) is 1.72. The molecule has 0 spiro atoms. The molecule has 3 rings (SSSR count). The molecule has 0 saturated carbocycles. The summed E-state index contributed by atoms with van der Waals surface area (Å²) in [6.07, 6.45) is 7.96. The number of aromatic nitrogens is 5. The Morgan fingerprint density at radius 3 is 2.75 bits per heavy atom. The molecular weight excluding hydrogens is 260 g/mol. The van der Waals surface area contributed by atoms with Gasteiger partial charge < -0.3 is 9.84 Å². The highest BCUT2D eigenvalue weighted by molar-refractivity contribution is 6.02. The van der Waals surface area contributed by atoms with E-state index in [2.05, 4.69) is 25.4 Å². The summed E-state index contributed by atoms with van der Waals surface area (Å²) < 4.78 is 6.50. The van der Waals surface area contributed by atoms with Crippen molar-refractivity contribution in [3.05, 3.63) is 48.6 Å². The number of nitrogens with zero attached hydrogens (tertiary/aromatic N) is 5. The molecule has 8 nitrogen and oxygen atoms in total. The Morgan fingerprint density at radius 2 is 2.15 bits per heavy atom. The van der Waals surface area contributed by atoms with E-state index < -0.39 is 0 Å². The molecule has 0 bridgehead atoms. The van der Waals surface area contributed by atoms with Crippen molar-refractivity contribution in [3.63, 3.8) is 0 Å². The van der Waals surface area contributed by atoms with Gasteiger partial charge in [0, 0.05) is 18.5 Å².